The molecule has 0 fully saturated rings. The molecule has 0 aromatic heterocycles. The Hall–Kier alpha value is -2.78. The molecular formula is C16H13N3. The lowest BCUT2D eigenvalue weighted by Gasteiger charge is -2.09. The summed E-state index contributed by atoms with van der Waals surface area (Å²) in [7, 11) is 0. The minimum Gasteiger partial charge on any atom is -0.381 e. The Kier molecular flexibility index (Phi) is 3.81. The maximum atomic E-state index is 8.84. The molecule has 19 heavy (non-hydrogen) atoms. The van der Waals surface area contributed by atoms with Crippen molar-refractivity contribution in [1.82, 2.24) is 0 Å². The van der Waals surface area contributed by atoms with E-state index in [1.807, 2.05) is 43.3 Å². The second-order valence-electron chi connectivity index (χ2n) is 4.30. The highest BCUT2D eigenvalue weighted by Gasteiger charge is 2.00. The maximum absolute atomic E-state index is 8.84. The van der Waals surface area contributed by atoms with Crippen molar-refractivity contribution in [3.8, 4) is 12.1 Å². The zero-order chi connectivity index (χ0) is 13.7. The minimum absolute atomic E-state index is 0.640. The Morgan fingerprint density at radius 3 is 2.42 bits per heavy atom. The van der Waals surface area contributed by atoms with Gasteiger partial charge in [0.05, 0.1) is 23.3 Å². The van der Waals surface area contributed by atoms with Crippen LogP contribution in [0, 0.1) is 29.6 Å². The summed E-state index contributed by atoms with van der Waals surface area (Å²) in [6.45, 7) is 2.66. The fourth-order valence-corrected chi connectivity index (χ4v) is 1.86. The van der Waals surface area contributed by atoms with Gasteiger partial charge < -0.3 is 5.32 Å². The highest BCUT2D eigenvalue weighted by molar-refractivity contribution is 5.50. The molecule has 0 spiro atoms. The molecule has 0 amide bonds. The molecule has 0 aliphatic carbocycles. The van der Waals surface area contributed by atoms with Crippen LogP contribution >= 0.6 is 0 Å². The van der Waals surface area contributed by atoms with Crippen molar-refractivity contribution in [3.05, 3.63) is 64.7 Å². The molecule has 2 aromatic rings. The number of hydrogen-bond donors (Lipinski definition) is 1. The summed E-state index contributed by atoms with van der Waals surface area (Å²) < 4.78 is 0. The first-order chi connectivity index (χ1) is 9.22. The van der Waals surface area contributed by atoms with Gasteiger partial charge in [0.15, 0.2) is 0 Å². The van der Waals surface area contributed by atoms with Crippen molar-refractivity contribution in [2.24, 2.45) is 0 Å². The number of anilines is 1. The molecule has 3 nitrogen and oxygen atoms in total. The largest absolute Gasteiger partial charge is 0.381 e. The molecule has 0 bridgehead atoms. The molecule has 0 heterocycles. The van der Waals surface area contributed by atoms with E-state index in [0.717, 1.165) is 16.8 Å². The molecule has 1 N–H and O–H groups in total. The molecule has 0 aliphatic heterocycles. The fourth-order valence-electron chi connectivity index (χ4n) is 1.86. The van der Waals surface area contributed by atoms with Crippen LogP contribution < -0.4 is 5.32 Å². The summed E-state index contributed by atoms with van der Waals surface area (Å²) in [5.41, 5.74) is 4.46. The van der Waals surface area contributed by atoms with E-state index in [9.17, 15) is 0 Å². The molecule has 2 rings (SSSR count). The van der Waals surface area contributed by atoms with Crippen LogP contribution in [0.4, 0.5) is 5.69 Å². The Morgan fingerprint density at radius 2 is 1.74 bits per heavy atom. The third-order valence-corrected chi connectivity index (χ3v) is 2.95. The van der Waals surface area contributed by atoms with Gasteiger partial charge in [-0.25, -0.2) is 0 Å². The highest BCUT2D eigenvalue weighted by Crippen LogP contribution is 2.15. The highest BCUT2D eigenvalue weighted by atomic mass is 14.9. The predicted octanol–water partition coefficient (Wildman–Crippen LogP) is 3.35. The average Bonchev–Trinajstić information content (AvgIpc) is 2.46. The molecular weight excluding hydrogens is 234 g/mol. The average molecular weight is 247 g/mol. The minimum atomic E-state index is 0.640. The van der Waals surface area contributed by atoms with Crippen molar-refractivity contribution in [2.75, 3.05) is 5.32 Å². The van der Waals surface area contributed by atoms with E-state index >= 15 is 0 Å². The summed E-state index contributed by atoms with van der Waals surface area (Å²) in [4.78, 5) is 0. The second-order valence-corrected chi connectivity index (χ2v) is 4.30. The first-order valence-corrected chi connectivity index (χ1v) is 5.96. The van der Waals surface area contributed by atoms with Gasteiger partial charge in [0.1, 0.15) is 0 Å². The van der Waals surface area contributed by atoms with E-state index in [0.29, 0.717) is 17.7 Å². The first kappa shape index (κ1) is 12.7. The van der Waals surface area contributed by atoms with Crippen molar-refractivity contribution >= 4 is 5.69 Å². The number of hydrogen-bond acceptors (Lipinski definition) is 3. The lowest BCUT2D eigenvalue weighted by Crippen LogP contribution is -2.01. The van der Waals surface area contributed by atoms with Gasteiger partial charge in [0.25, 0.3) is 0 Å². The van der Waals surface area contributed by atoms with Gasteiger partial charge in [0, 0.05) is 12.2 Å². The predicted molar refractivity (Wildman–Crippen MR) is 74.4 cm³/mol. The van der Waals surface area contributed by atoms with Crippen molar-refractivity contribution < 1.29 is 0 Å². The Labute approximate surface area is 112 Å². The van der Waals surface area contributed by atoms with E-state index in [4.69, 9.17) is 10.5 Å². The molecule has 0 aliphatic rings. The number of nitrogens with one attached hydrogen (secondary N) is 1. The lowest BCUT2D eigenvalue weighted by molar-refractivity contribution is 1.12. The van der Waals surface area contributed by atoms with E-state index in [1.54, 1.807) is 6.07 Å². The summed E-state index contributed by atoms with van der Waals surface area (Å²) >= 11 is 0. The molecule has 0 saturated heterocycles. The second kappa shape index (κ2) is 5.71. The van der Waals surface area contributed by atoms with Gasteiger partial charge in [-0.15, -0.1) is 0 Å². The van der Waals surface area contributed by atoms with Crippen molar-refractivity contribution in [1.29, 1.82) is 10.5 Å². The normalized spacial score (nSPS) is 9.42. The summed E-state index contributed by atoms with van der Waals surface area (Å²) in [5, 5.41) is 20.9. The van der Waals surface area contributed by atoms with Crippen LogP contribution in [0.25, 0.3) is 0 Å². The van der Waals surface area contributed by atoms with Crippen LogP contribution in [-0.4, -0.2) is 0 Å². The zero-order valence-electron chi connectivity index (χ0n) is 10.6. The third-order valence-electron chi connectivity index (χ3n) is 2.95. The van der Waals surface area contributed by atoms with Crippen LogP contribution in [0.15, 0.2) is 42.5 Å². The monoisotopic (exact) mass is 247 g/mol. The van der Waals surface area contributed by atoms with Gasteiger partial charge in [-0.3, -0.25) is 0 Å². The van der Waals surface area contributed by atoms with E-state index < -0.39 is 0 Å². The van der Waals surface area contributed by atoms with Crippen LogP contribution in [0.1, 0.15) is 22.3 Å². The quantitative estimate of drug-likeness (QED) is 0.904. The lowest BCUT2D eigenvalue weighted by atomic mass is 10.1. The number of aryl methyl sites for hydroxylation is 1. The number of rotatable bonds is 3. The molecule has 0 unspecified atom stereocenters. The third kappa shape index (κ3) is 3.12. The number of benzene rings is 2. The summed E-state index contributed by atoms with van der Waals surface area (Å²) in [5.74, 6) is 0. The Bertz CT molecular complexity index is 675. The van der Waals surface area contributed by atoms with E-state index in [2.05, 4.69) is 17.5 Å². The van der Waals surface area contributed by atoms with E-state index in [-0.39, 0.29) is 0 Å². The SMILES string of the molecule is Cc1cc(C#N)ccc1CNc1cccc(C#N)c1. The Morgan fingerprint density at radius 1 is 1.00 bits per heavy atom. The molecule has 2 aromatic carbocycles. The van der Waals surface area contributed by atoms with Gasteiger partial charge in [-0.1, -0.05) is 12.1 Å². The Balaban J connectivity index is 2.11. The standard InChI is InChI=1S/C16H13N3/c1-12-7-14(10-18)5-6-15(12)11-19-16-4-2-3-13(8-16)9-17/h2-8,19H,11H2,1H3. The van der Waals surface area contributed by atoms with Crippen LogP contribution in [-0.2, 0) is 6.54 Å². The molecule has 0 atom stereocenters. The van der Waals surface area contributed by atoms with Gasteiger partial charge in [0.2, 0.25) is 0 Å². The van der Waals surface area contributed by atoms with Gasteiger partial charge >= 0.3 is 0 Å². The zero-order valence-corrected chi connectivity index (χ0v) is 10.6. The molecule has 3 heteroatoms. The molecule has 0 radical (unpaired) electrons. The van der Waals surface area contributed by atoms with Gasteiger partial charge in [-0.05, 0) is 48.4 Å². The first-order valence-electron chi connectivity index (χ1n) is 5.96. The van der Waals surface area contributed by atoms with Crippen LogP contribution in [0.5, 0.6) is 0 Å². The van der Waals surface area contributed by atoms with E-state index in [1.165, 1.54) is 0 Å². The van der Waals surface area contributed by atoms with Crippen molar-refractivity contribution in [2.45, 2.75) is 13.5 Å². The summed E-state index contributed by atoms with van der Waals surface area (Å²) in [6.07, 6.45) is 0. The number of nitriles is 2. The summed E-state index contributed by atoms with van der Waals surface area (Å²) in [6, 6.07) is 17.3. The topological polar surface area (TPSA) is 59.6 Å². The molecule has 92 valence electrons. The maximum Gasteiger partial charge on any atom is 0.0992 e. The van der Waals surface area contributed by atoms with Gasteiger partial charge in [-0.2, -0.15) is 10.5 Å². The molecule has 0 saturated carbocycles. The van der Waals surface area contributed by atoms with Crippen molar-refractivity contribution in [3.63, 3.8) is 0 Å². The van der Waals surface area contributed by atoms with Crippen LogP contribution in [0.3, 0.4) is 0 Å². The number of nitrogens with zero attached hydrogens (tertiary/aromatic N) is 2. The smallest absolute Gasteiger partial charge is 0.0992 e. The van der Waals surface area contributed by atoms with Crippen LogP contribution in [0.2, 0.25) is 0 Å². The fraction of sp³-hybridized carbons (Fsp3) is 0.125.